The molecular weight excluding hydrogens is 357 g/mol. The number of amides is 2. The van der Waals surface area contributed by atoms with Crippen LogP contribution in [-0.2, 0) is 14.3 Å². The first-order valence-electron chi connectivity index (χ1n) is 8.32. The Morgan fingerprint density at radius 3 is 2.41 bits per heavy atom. The van der Waals surface area contributed by atoms with Crippen molar-refractivity contribution in [2.45, 2.75) is 6.42 Å². The second-order valence-electron chi connectivity index (χ2n) is 5.93. The molecule has 2 amide bonds. The summed E-state index contributed by atoms with van der Waals surface area (Å²) in [7, 11) is 0. The largest absolute Gasteiger partial charge is 0.378 e. The van der Waals surface area contributed by atoms with Crippen LogP contribution in [0, 0.1) is 5.82 Å². The second kappa shape index (κ2) is 7.11. The number of hydrazine groups is 1. The Morgan fingerprint density at radius 1 is 1.04 bits per heavy atom. The molecule has 1 aromatic heterocycles. The molecule has 27 heavy (non-hydrogen) atoms. The molecule has 10 nitrogen and oxygen atoms in total. The number of anilines is 4. The number of ether oxygens (including phenoxy) is 1. The zero-order valence-electron chi connectivity index (χ0n) is 14.2. The molecule has 2 aliphatic rings. The van der Waals surface area contributed by atoms with Gasteiger partial charge in [-0.3, -0.25) is 15.0 Å². The summed E-state index contributed by atoms with van der Waals surface area (Å²) in [5.41, 5.74) is 2.99. The van der Waals surface area contributed by atoms with Crippen LogP contribution in [0.5, 0.6) is 0 Å². The van der Waals surface area contributed by atoms with E-state index in [0.29, 0.717) is 37.9 Å². The number of nitrogens with zero attached hydrogens (tertiary/aromatic N) is 5. The number of benzene rings is 1. The number of hydrogen-bond donors (Lipinski definition) is 2. The summed E-state index contributed by atoms with van der Waals surface area (Å²) in [6.07, 6.45) is -0.265. The third-order valence-corrected chi connectivity index (χ3v) is 4.00. The van der Waals surface area contributed by atoms with E-state index in [2.05, 4.69) is 25.7 Å². The molecule has 2 N–H and O–H groups in total. The van der Waals surface area contributed by atoms with Gasteiger partial charge in [0.25, 0.3) is 11.9 Å². The number of aromatic nitrogens is 3. The zero-order valence-corrected chi connectivity index (χ0v) is 14.2. The lowest BCUT2D eigenvalue weighted by Gasteiger charge is -2.27. The molecule has 0 aliphatic carbocycles. The molecule has 2 saturated heterocycles. The highest BCUT2D eigenvalue weighted by molar-refractivity contribution is 6.11. The van der Waals surface area contributed by atoms with Crippen molar-refractivity contribution < 1.29 is 18.7 Å². The van der Waals surface area contributed by atoms with E-state index in [1.165, 1.54) is 24.3 Å². The molecule has 0 bridgehead atoms. The normalized spacial score (nSPS) is 17.2. The highest BCUT2D eigenvalue weighted by Gasteiger charge is 2.31. The maximum Gasteiger partial charge on any atom is 0.258 e. The van der Waals surface area contributed by atoms with Crippen molar-refractivity contribution in [1.29, 1.82) is 0 Å². The van der Waals surface area contributed by atoms with E-state index in [-0.39, 0.29) is 24.1 Å². The van der Waals surface area contributed by atoms with E-state index in [4.69, 9.17) is 4.74 Å². The third-order valence-electron chi connectivity index (χ3n) is 4.00. The van der Waals surface area contributed by atoms with E-state index in [0.717, 1.165) is 5.01 Å². The van der Waals surface area contributed by atoms with Gasteiger partial charge in [-0.15, -0.1) is 0 Å². The number of carbonyl (C=O) groups excluding carboxylic acids is 2. The maximum atomic E-state index is 13.1. The van der Waals surface area contributed by atoms with Gasteiger partial charge >= 0.3 is 0 Å². The van der Waals surface area contributed by atoms with Gasteiger partial charge in [0.2, 0.25) is 17.8 Å². The van der Waals surface area contributed by atoms with Gasteiger partial charge in [0.05, 0.1) is 13.2 Å². The van der Waals surface area contributed by atoms with Crippen molar-refractivity contribution in [3.05, 3.63) is 30.1 Å². The van der Waals surface area contributed by atoms with Gasteiger partial charge in [-0.1, -0.05) is 0 Å². The van der Waals surface area contributed by atoms with Crippen LogP contribution in [0.3, 0.4) is 0 Å². The summed E-state index contributed by atoms with van der Waals surface area (Å²) in [6, 6.07) is 5.68. The predicted molar refractivity (Wildman–Crippen MR) is 92.8 cm³/mol. The van der Waals surface area contributed by atoms with Crippen molar-refractivity contribution in [3.8, 4) is 0 Å². The Kier molecular flexibility index (Phi) is 4.50. The Hall–Kier alpha value is -3.34. The van der Waals surface area contributed by atoms with Crippen LogP contribution < -0.4 is 20.7 Å². The Morgan fingerprint density at radius 2 is 1.74 bits per heavy atom. The molecular formula is C16H16FN7O3. The van der Waals surface area contributed by atoms with Gasteiger partial charge in [0.1, 0.15) is 12.2 Å². The van der Waals surface area contributed by atoms with Gasteiger partial charge in [-0.25, -0.2) is 4.39 Å². The minimum Gasteiger partial charge on any atom is -0.378 e. The Bertz CT molecular complexity index is 871. The quantitative estimate of drug-likeness (QED) is 0.739. The summed E-state index contributed by atoms with van der Waals surface area (Å²) in [5.74, 6) is -0.722. The number of carbonyl (C=O) groups is 2. The van der Waals surface area contributed by atoms with Crippen LogP contribution >= 0.6 is 0 Å². The van der Waals surface area contributed by atoms with Crippen LogP contribution in [0.2, 0.25) is 0 Å². The summed E-state index contributed by atoms with van der Waals surface area (Å²) in [5, 5.41) is 3.97. The second-order valence-corrected chi connectivity index (χ2v) is 5.93. The Labute approximate surface area is 153 Å². The van der Waals surface area contributed by atoms with Crippen molar-refractivity contribution in [2.75, 3.05) is 41.5 Å². The lowest BCUT2D eigenvalue weighted by molar-refractivity contribution is -0.122. The molecule has 2 aromatic rings. The van der Waals surface area contributed by atoms with E-state index in [1.54, 1.807) is 0 Å². The number of morpholine rings is 1. The van der Waals surface area contributed by atoms with Crippen LogP contribution in [0.25, 0.3) is 0 Å². The van der Waals surface area contributed by atoms with Crippen molar-refractivity contribution in [1.82, 2.24) is 20.4 Å². The number of nitrogens with one attached hydrogen (secondary N) is 2. The van der Waals surface area contributed by atoms with Crippen LogP contribution in [-0.4, -0.2) is 53.1 Å². The van der Waals surface area contributed by atoms with Crippen molar-refractivity contribution in [2.24, 2.45) is 0 Å². The van der Waals surface area contributed by atoms with Crippen molar-refractivity contribution >= 4 is 35.3 Å². The maximum absolute atomic E-state index is 13.1. The van der Waals surface area contributed by atoms with Crippen LogP contribution in [0.15, 0.2) is 24.3 Å². The number of hydrogen-bond acceptors (Lipinski definition) is 8. The molecule has 0 unspecified atom stereocenters. The number of halogens is 1. The van der Waals surface area contributed by atoms with Crippen LogP contribution in [0.4, 0.5) is 27.9 Å². The molecule has 2 aliphatic heterocycles. The van der Waals surface area contributed by atoms with Gasteiger partial charge < -0.3 is 15.0 Å². The average Bonchev–Trinajstić information content (AvgIpc) is 3.02. The molecule has 3 heterocycles. The predicted octanol–water partition coefficient (Wildman–Crippen LogP) is 0.359. The van der Waals surface area contributed by atoms with Crippen molar-refractivity contribution in [3.63, 3.8) is 0 Å². The molecule has 0 saturated carbocycles. The fourth-order valence-corrected chi connectivity index (χ4v) is 2.68. The first-order valence-corrected chi connectivity index (χ1v) is 8.32. The lowest BCUT2D eigenvalue weighted by Crippen LogP contribution is -2.40. The van der Waals surface area contributed by atoms with E-state index >= 15 is 0 Å². The van der Waals surface area contributed by atoms with E-state index in [9.17, 15) is 14.0 Å². The minimum atomic E-state index is -0.452. The van der Waals surface area contributed by atoms with Crippen LogP contribution in [0.1, 0.15) is 6.42 Å². The van der Waals surface area contributed by atoms with E-state index < -0.39 is 11.8 Å². The molecule has 4 rings (SSSR count). The molecule has 0 spiro atoms. The van der Waals surface area contributed by atoms with Gasteiger partial charge in [0.15, 0.2) is 0 Å². The fraction of sp³-hybridized carbons (Fsp3) is 0.312. The third kappa shape index (κ3) is 3.77. The molecule has 0 radical (unpaired) electrons. The summed E-state index contributed by atoms with van der Waals surface area (Å²) in [4.78, 5) is 38.4. The summed E-state index contributed by atoms with van der Waals surface area (Å²) in [6.45, 7) is 2.22. The van der Waals surface area contributed by atoms with E-state index in [1.807, 2.05) is 4.90 Å². The first kappa shape index (κ1) is 17.1. The molecule has 2 fully saturated rings. The SMILES string of the molecule is O=C1CC(=O)N(c2nc(Nc3ccc(F)cc3)nc(N3CCOCC3)n2)N1. The highest BCUT2D eigenvalue weighted by atomic mass is 19.1. The van der Waals surface area contributed by atoms with Gasteiger partial charge in [-0.2, -0.15) is 20.0 Å². The summed E-state index contributed by atoms with van der Waals surface area (Å²) >= 11 is 0. The molecule has 0 atom stereocenters. The average molecular weight is 373 g/mol. The monoisotopic (exact) mass is 373 g/mol. The highest BCUT2D eigenvalue weighted by Crippen LogP contribution is 2.21. The molecule has 11 heteroatoms. The fourth-order valence-electron chi connectivity index (χ4n) is 2.68. The number of rotatable bonds is 4. The first-order chi connectivity index (χ1) is 13.1. The smallest absolute Gasteiger partial charge is 0.258 e. The minimum absolute atomic E-state index is 0.00644. The van der Waals surface area contributed by atoms with Gasteiger partial charge in [0, 0.05) is 18.8 Å². The van der Waals surface area contributed by atoms with Gasteiger partial charge in [-0.05, 0) is 24.3 Å². The zero-order chi connectivity index (χ0) is 18.8. The Balaban J connectivity index is 1.68. The summed E-state index contributed by atoms with van der Waals surface area (Å²) < 4.78 is 18.4. The molecule has 1 aromatic carbocycles. The molecule has 140 valence electrons. The lowest BCUT2D eigenvalue weighted by atomic mass is 10.3. The topological polar surface area (TPSA) is 113 Å². The standard InChI is InChI=1S/C16H16FN7O3/c17-10-1-3-11(4-2-10)18-14-19-15(23-5-7-27-8-6-23)21-16(20-14)24-13(26)9-12(25)22-24/h1-4H,5-9H2,(H,22,25)(H,18,19,20,21).